The van der Waals surface area contributed by atoms with Gasteiger partial charge in [-0.25, -0.2) is 15.2 Å². The van der Waals surface area contributed by atoms with E-state index in [9.17, 15) is 22.8 Å². The number of benzene rings is 1. The summed E-state index contributed by atoms with van der Waals surface area (Å²) in [5.41, 5.74) is 3.36. The molecule has 2 heterocycles. The molecule has 0 saturated heterocycles. The molecular formula is C15H11F3N6O3S. The van der Waals surface area contributed by atoms with Gasteiger partial charge >= 0.3 is 24.0 Å². The third-order valence-electron chi connectivity index (χ3n) is 3.21. The van der Waals surface area contributed by atoms with Crippen molar-refractivity contribution < 1.29 is 27.3 Å². The molecule has 3 aromatic rings. The Bertz CT molecular complexity index is 1020. The second-order valence-corrected chi connectivity index (χ2v) is 6.35. The van der Waals surface area contributed by atoms with Gasteiger partial charge in [-0.15, -0.1) is 11.3 Å². The second-order valence-electron chi connectivity index (χ2n) is 5.29. The predicted octanol–water partition coefficient (Wildman–Crippen LogP) is 2.99. The van der Waals surface area contributed by atoms with Crippen LogP contribution in [0.15, 0.2) is 34.2 Å². The number of anilines is 1. The van der Waals surface area contributed by atoms with Gasteiger partial charge in [0.1, 0.15) is 5.69 Å². The van der Waals surface area contributed by atoms with E-state index in [1.165, 1.54) is 17.4 Å². The number of rotatable bonds is 3. The molecule has 0 bridgehead atoms. The summed E-state index contributed by atoms with van der Waals surface area (Å²) in [7, 11) is 0. The number of aromatic nitrogens is 3. The van der Waals surface area contributed by atoms with Gasteiger partial charge in [0.25, 0.3) is 0 Å². The minimum absolute atomic E-state index is 0.0999. The summed E-state index contributed by atoms with van der Waals surface area (Å²) in [6.45, 7) is 1.79. The molecule has 0 unspecified atom stereocenters. The fourth-order valence-corrected chi connectivity index (χ4v) is 2.58. The van der Waals surface area contributed by atoms with Crippen molar-refractivity contribution in [3.63, 3.8) is 0 Å². The van der Waals surface area contributed by atoms with E-state index >= 15 is 0 Å². The normalized spacial score (nSPS) is 11.1. The molecule has 0 radical (unpaired) electrons. The van der Waals surface area contributed by atoms with Crippen LogP contribution >= 0.6 is 11.3 Å². The minimum atomic E-state index is -4.55. The van der Waals surface area contributed by atoms with Crippen molar-refractivity contribution in [2.24, 2.45) is 0 Å². The Balaban J connectivity index is 1.56. The van der Waals surface area contributed by atoms with Gasteiger partial charge in [-0.05, 0) is 25.1 Å². The van der Waals surface area contributed by atoms with Crippen molar-refractivity contribution in [3.05, 3.63) is 46.1 Å². The van der Waals surface area contributed by atoms with Crippen LogP contribution in [0.1, 0.15) is 21.3 Å². The van der Waals surface area contributed by atoms with E-state index in [4.69, 9.17) is 4.52 Å². The summed E-state index contributed by atoms with van der Waals surface area (Å²) < 4.78 is 42.8. The van der Waals surface area contributed by atoms with Gasteiger partial charge in [0.05, 0.1) is 10.6 Å². The van der Waals surface area contributed by atoms with Crippen LogP contribution in [0.25, 0.3) is 11.5 Å². The maximum Gasteiger partial charge on any atom is 0.416 e. The lowest BCUT2D eigenvalue weighted by Crippen LogP contribution is -2.44. The molecule has 0 aliphatic heterocycles. The minimum Gasteiger partial charge on any atom is -0.328 e. The van der Waals surface area contributed by atoms with Crippen molar-refractivity contribution in [1.82, 2.24) is 26.0 Å². The number of amides is 3. The monoisotopic (exact) mass is 412 g/mol. The van der Waals surface area contributed by atoms with Crippen molar-refractivity contribution in [1.29, 1.82) is 0 Å². The molecule has 3 amide bonds. The average molecular weight is 412 g/mol. The lowest BCUT2D eigenvalue weighted by Gasteiger charge is -2.10. The highest BCUT2D eigenvalue weighted by Gasteiger charge is 2.30. The number of hydrogen-bond acceptors (Lipinski definition) is 7. The molecule has 146 valence electrons. The zero-order valence-electron chi connectivity index (χ0n) is 14.0. The smallest absolute Gasteiger partial charge is 0.328 e. The highest BCUT2D eigenvalue weighted by atomic mass is 32.1. The van der Waals surface area contributed by atoms with Gasteiger partial charge in [0.15, 0.2) is 0 Å². The average Bonchev–Trinajstić information content (AvgIpc) is 3.28. The standard InChI is InChI=1S/C15H11F3N6O3S/c1-7-19-10(6-28-7)11-21-13(27-24-11)12(25)22-23-14(26)20-9-4-2-3-8(5-9)15(16,17)18/h2-6H,1H3,(H,22,25)(H2,20,23,26). The molecule has 3 N–H and O–H groups in total. The van der Waals surface area contributed by atoms with Crippen molar-refractivity contribution in [2.45, 2.75) is 13.1 Å². The van der Waals surface area contributed by atoms with Crippen LogP contribution in [0.4, 0.5) is 23.7 Å². The molecule has 0 aliphatic carbocycles. The number of halogens is 3. The van der Waals surface area contributed by atoms with Crippen molar-refractivity contribution in [3.8, 4) is 11.5 Å². The number of aryl methyl sites for hydroxylation is 1. The summed E-state index contributed by atoms with van der Waals surface area (Å²) in [6.07, 6.45) is -4.55. The Kier molecular flexibility index (Phi) is 5.26. The molecule has 0 fully saturated rings. The SMILES string of the molecule is Cc1nc(-c2noc(C(=O)NNC(=O)Nc3cccc(C(F)(F)F)c3)n2)cs1. The van der Waals surface area contributed by atoms with Crippen molar-refractivity contribution >= 4 is 29.0 Å². The fraction of sp³-hybridized carbons (Fsp3) is 0.133. The van der Waals surface area contributed by atoms with E-state index in [2.05, 4.69) is 20.4 Å². The molecule has 9 nitrogen and oxygen atoms in total. The van der Waals surface area contributed by atoms with E-state index in [1.807, 2.05) is 10.9 Å². The zero-order chi connectivity index (χ0) is 20.3. The lowest BCUT2D eigenvalue weighted by molar-refractivity contribution is -0.137. The number of urea groups is 1. The predicted molar refractivity (Wildman–Crippen MR) is 91.2 cm³/mol. The molecule has 0 aliphatic rings. The first-order valence-electron chi connectivity index (χ1n) is 7.53. The molecule has 0 saturated carbocycles. The Labute approximate surface area is 158 Å². The van der Waals surface area contributed by atoms with E-state index in [0.29, 0.717) is 5.69 Å². The molecule has 2 aromatic heterocycles. The van der Waals surface area contributed by atoms with Gasteiger partial charge in [0, 0.05) is 11.1 Å². The maximum atomic E-state index is 12.7. The van der Waals surface area contributed by atoms with Crippen LogP contribution in [0.2, 0.25) is 0 Å². The highest BCUT2D eigenvalue weighted by Crippen LogP contribution is 2.30. The van der Waals surface area contributed by atoms with E-state index in [1.54, 1.807) is 12.3 Å². The third-order valence-corrected chi connectivity index (χ3v) is 3.98. The Morgan fingerprint density at radius 2 is 1.96 bits per heavy atom. The largest absolute Gasteiger partial charge is 0.416 e. The number of carbonyl (C=O) groups excluding carboxylic acids is 2. The van der Waals surface area contributed by atoms with Crippen LogP contribution < -0.4 is 16.2 Å². The summed E-state index contributed by atoms with van der Waals surface area (Å²) in [5.74, 6) is -1.24. The first kappa shape index (κ1) is 19.3. The van der Waals surface area contributed by atoms with Crippen LogP contribution in [0, 0.1) is 6.92 Å². The first-order chi connectivity index (χ1) is 13.2. The molecule has 0 atom stereocenters. The van der Waals surface area contributed by atoms with Crippen LogP contribution in [-0.2, 0) is 6.18 Å². The number of nitrogens with zero attached hydrogens (tertiary/aromatic N) is 3. The summed E-state index contributed by atoms with van der Waals surface area (Å²) in [5, 5.41) is 8.23. The lowest BCUT2D eigenvalue weighted by atomic mass is 10.2. The third kappa shape index (κ3) is 4.62. The number of hydrogen-bond donors (Lipinski definition) is 3. The Morgan fingerprint density at radius 1 is 1.18 bits per heavy atom. The van der Waals surface area contributed by atoms with E-state index in [-0.39, 0.29) is 11.5 Å². The number of thiazole rings is 1. The van der Waals surface area contributed by atoms with Gasteiger partial charge in [-0.1, -0.05) is 11.2 Å². The summed E-state index contributed by atoms with van der Waals surface area (Å²) in [4.78, 5) is 31.7. The topological polar surface area (TPSA) is 122 Å². The van der Waals surface area contributed by atoms with E-state index in [0.717, 1.165) is 23.2 Å². The molecule has 28 heavy (non-hydrogen) atoms. The first-order valence-corrected chi connectivity index (χ1v) is 8.41. The van der Waals surface area contributed by atoms with Crippen LogP contribution in [-0.4, -0.2) is 27.1 Å². The quantitative estimate of drug-likeness (QED) is 0.569. The molecule has 0 spiro atoms. The summed E-state index contributed by atoms with van der Waals surface area (Å²) in [6, 6.07) is 3.04. The van der Waals surface area contributed by atoms with Crippen LogP contribution in [0.5, 0.6) is 0 Å². The zero-order valence-corrected chi connectivity index (χ0v) is 14.8. The fourth-order valence-electron chi connectivity index (χ4n) is 1.99. The molecule has 3 rings (SSSR count). The van der Waals surface area contributed by atoms with Gasteiger partial charge in [-0.3, -0.25) is 10.2 Å². The molecule has 1 aromatic carbocycles. The number of hydrazine groups is 1. The Morgan fingerprint density at radius 3 is 2.64 bits per heavy atom. The van der Waals surface area contributed by atoms with Gasteiger partial charge in [0.2, 0.25) is 5.82 Å². The summed E-state index contributed by atoms with van der Waals surface area (Å²) >= 11 is 1.37. The highest BCUT2D eigenvalue weighted by molar-refractivity contribution is 7.09. The van der Waals surface area contributed by atoms with Gasteiger partial charge < -0.3 is 9.84 Å². The molecular weight excluding hydrogens is 401 g/mol. The van der Waals surface area contributed by atoms with Gasteiger partial charge in [-0.2, -0.15) is 18.2 Å². The van der Waals surface area contributed by atoms with Crippen molar-refractivity contribution in [2.75, 3.05) is 5.32 Å². The van der Waals surface area contributed by atoms with Crippen LogP contribution in [0.3, 0.4) is 0 Å². The number of nitrogens with one attached hydrogen (secondary N) is 3. The molecule has 13 heteroatoms. The second kappa shape index (κ2) is 7.64. The Hall–Kier alpha value is -3.48. The van der Waals surface area contributed by atoms with E-state index < -0.39 is 29.6 Å². The number of carbonyl (C=O) groups is 2. The number of alkyl halides is 3. The maximum absolute atomic E-state index is 12.7.